The standard InChI is InChI=1S/C20H24FN3O4Si/c1-26-20(25)15-9-8-14(21)12-18(15)28-17-7-5-6-16-19(17)22-23-24(16)13-27-10-11-29(2,3)4/h5-9,12H,10-11,13H2,1-4H3. The zero-order valence-corrected chi connectivity index (χ0v) is 17.9. The second-order valence-corrected chi connectivity index (χ2v) is 13.4. The van der Waals surface area contributed by atoms with Gasteiger partial charge in [-0.05, 0) is 30.3 Å². The maximum atomic E-state index is 13.7. The summed E-state index contributed by atoms with van der Waals surface area (Å²) < 4.78 is 31.7. The van der Waals surface area contributed by atoms with Gasteiger partial charge in [0, 0.05) is 20.7 Å². The van der Waals surface area contributed by atoms with Gasteiger partial charge in [0.1, 0.15) is 23.9 Å². The van der Waals surface area contributed by atoms with Gasteiger partial charge in [-0.1, -0.05) is 30.9 Å². The van der Waals surface area contributed by atoms with Crippen LogP contribution < -0.4 is 4.74 Å². The Morgan fingerprint density at radius 2 is 1.97 bits per heavy atom. The van der Waals surface area contributed by atoms with Crippen molar-refractivity contribution >= 4 is 25.1 Å². The molecule has 0 bridgehead atoms. The zero-order valence-electron chi connectivity index (χ0n) is 16.9. The Morgan fingerprint density at radius 3 is 2.69 bits per heavy atom. The van der Waals surface area contributed by atoms with Crippen molar-refractivity contribution in [2.75, 3.05) is 13.7 Å². The Morgan fingerprint density at radius 1 is 1.17 bits per heavy atom. The van der Waals surface area contributed by atoms with Crippen molar-refractivity contribution in [3.05, 3.63) is 47.8 Å². The molecule has 0 saturated carbocycles. The van der Waals surface area contributed by atoms with Crippen molar-refractivity contribution in [3.63, 3.8) is 0 Å². The van der Waals surface area contributed by atoms with E-state index >= 15 is 0 Å². The lowest BCUT2D eigenvalue weighted by Gasteiger charge is -2.15. The van der Waals surface area contributed by atoms with E-state index in [-0.39, 0.29) is 18.0 Å². The second-order valence-electron chi connectivity index (χ2n) is 7.79. The maximum Gasteiger partial charge on any atom is 0.341 e. The highest BCUT2D eigenvalue weighted by Gasteiger charge is 2.18. The predicted molar refractivity (Wildman–Crippen MR) is 109 cm³/mol. The molecular formula is C20H24FN3O4Si. The van der Waals surface area contributed by atoms with Crippen LogP contribution in [-0.2, 0) is 16.2 Å². The molecule has 9 heteroatoms. The monoisotopic (exact) mass is 417 g/mol. The highest BCUT2D eigenvalue weighted by molar-refractivity contribution is 6.76. The maximum absolute atomic E-state index is 13.7. The van der Waals surface area contributed by atoms with Crippen molar-refractivity contribution in [2.45, 2.75) is 32.4 Å². The molecule has 0 spiro atoms. The molecule has 0 N–H and O–H groups in total. The Hall–Kier alpha value is -2.78. The van der Waals surface area contributed by atoms with Crippen molar-refractivity contribution < 1.29 is 23.4 Å². The summed E-state index contributed by atoms with van der Waals surface area (Å²) in [6.07, 6.45) is 0. The average molecular weight is 418 g/mol. The number of aromatic nitrogens is 3. The number of esters is 1. The van der Waals surface area contributed by atoms with Gasteiger partial charge in [-0.3, -0.25) is 0 Å². The lowest BCUT2D eigenvalue weighted by Crippen LogP contribution is -2.22. The average Bonchev–Trinajstić information content (AvgIpc) is 3.08. The van der Waals surface area contributed by atoms with Crippen LogP contribution in [0.1, 0.15) is 10.4 Å². The van der Waals surface area contributed by atoms with Crippen LogP contribution >= 0.6 is 0 Å². The van der Waals surface area contributed by atoms with Crippen LogP contribution in [0.3, 0.4) is 0 Å². The lowest BCUT2D eigenvalue weighted by molar-refractivity contribution is 0.0598. The number of fused-ring (bicyclic) bond motifs is 1. The third kappa shape index (κ3) is 5.18. The van der Waals surface area contributed by atoms with E-state index in [2.05, 4.69) is 30.0 Å². The van der Waals surface area contributed by atoms with Crippen molar-refractivity contribution in [1.29, 1.82) is 0 Å². The highest BCUT2D eigenvalue weighted by atomic mass is 28.3. The summed E-state index contributed by atoms with van der Waals surface area (Å²) in [5.74, 6) is -0.747. The summed E-state index contributed by atoms with van der Waals surface area (Å²) in [4.78, 5) is 12.0. The van der Waals surface area contributed by atoms with Gasteiger partial charge < -0.3 is 14.2 Å². The van der Waals surface area contributed by atoms with Gasteiger partial charge in [0.15, 0.2) is 11.3 Å². The minimum atomic E-state index is -1.17. The molecule has 1 aromatic heterocycles. The largest absolute Gasteiger partial charge is 0.465 e. The number of carbonyl (C=O) groups is 1. The second kappa shape index (κ2) is 8.71. The molecule has 29 heavy (non-hydrogen) atoms. The van der Waals surface area contributed by atoms with Crippen LogP contribution in [-0.4, -0.2) is 42.8 Å². The number of carbonyl (C=O) groups excluding carboxylic acids is 1. The van der Waals surface area contributed by atoms with E-state index in [0.717, 1.165) is 12.1 Å². The van der Waals surface area contributed by atoms with E-state index in [1.54, 1.807) is 16.8 Å². The minimum Gasteiger partial charge on any atom is -0.465 e. The number of rotatable bonds is 8. The van der Waals surface area contributed by atoms with Crippen LogP contribution in [0.4, 0.5) is 4.39 Å². The number of ether oxygens (including phenoxy) is 3. The summed E-state index contributed by atoms with van der Waals surface area (Å²) in [5.41, 5.74) is 1.32. The quantitative estimate of drug-likeness (QED) is 0.306. The van der Waals surface area contributed by atoms with Crippen molar-refractivity contribution in [3.8, 4) is 11.5 Å². The predicted octanol–water partition coefficient (Wildman–Crippen LogP) is 4.46. The number of nitrogens with zero attached hydrogens (tertiary/aromatic N) is 3. The molecule has 0 aliphatic carbocycles. The SMILES string of the molecule is COC(=O)c1ccc(F)cc1Oc1cccc2c1nnn2COCC[Si](C)(C)C. The first-order chi connectivity index (χ1) is 13.8. The summed E-state index contributed by atoms with van der Waals surface area (Å²) in [6.45, 7) is 7.82. The van der Waals surface area contributed by atoms with Gasteiger partial charge in [-0.2, -0.15) is 0 Å². The molecule has 0 saturated heterocycles. The third-order valence-corrected chi connectivity index (χ3v) is 5.99. The fourth-order valence-corrected chi connectivity index (χ4v) is 3.41. The first-order valence-corrected chi connectivity index (χ1v) is 12.9. The topological polar surface area (TPSA) is 75.5 Å². The first-order valence-electron chi connectivity index (χ1n) is 9.24. The third-order valence-electron chi connectivity index (χ3n) is 4.29. The fourth-order valence-electron chi connectivity index (χ4n) is 2.65. The number of halogens is 1. The van der Waals surface area contributed by atoms with E-state index in [0.29, 0.717) is 23.4 Å². The van der Waals surface area contributed by atoms with Crippen LogP contribution in [0.2, 0.25) is 25.7 Å². The molecule has 0 fully saturated rings. The van der Waals surface area contributed by atoms with Crippen molar-refractivity contribution in [1.82, 2.24) is 15.0 Å². The van der Waals surface area contributed by atoms with Gasteiger partial charge in [-0.25, -0.2) is 13.9 Å². The lowest BCUT2D eigenvalue weighted by atomic mass is 10.2. The van der Waals surface area contributed by atoms with E-state index in [1.807, 2.05) is 6.07 Å². The van der Waals surface area contributed by atoms with Gasteiger partial charge in [0.05, 0.1) is 12.6 Å². The Bertz CT molecular complexity index is 1020. The summed E-state index contributed by atoms with van der Waals surface area (Å²) in [6, 6.07) is 9.99. The summed E-state index contributed by atoms with van der Waals surface area (Å²) in [7, 11) is 0.0874. The molecule has 7 nitrogen and oxygen atoms in total. The van der Waals surface area contributed by atoms with E-state index < -0.39 is 19.9 Å². The molecule has 0 aliphatic heterocycles. The van der Waals surface area contributed by atoms with Gasteiger partial charge in [0.25, 0.3) is 0 Å². The molecule has 3 rings (SSSR count). The number of hydrogen-bond acceptors (Lipinski definition) is 6. The van der Waals surface area contributed by atoms with E-state index in [4.69, 9.17) is 14.2 Å². The molecule has 3 aromatic rings. The van der Waals surface area contributed by atoms with Crippen LogP contribution in [0.25, 0.3) is 11.0 Å². The molecule has 2 aromatic carbocycles. The number of hydrogen-bond donors (Lipinski definition) is 0. The highest BCUT2D eigenvalue weighted by Crippen LogP contribution is 2.31. The Balaban J connectivity index is 1.83. The van der Waals surface area contributed by atoms with E-state index in [1.165, 1.54) is 19.2 Å². The van der Waals surface area contributed by atoms with Crippen LogP contribution in [0.15, 0.2) is 36.4 Å². The first kappa shape index (κ1) is 20.9. The Labute approximate surface area is 169 Å². The normalized spacial score (nSPS) is 11.6. The van der Waals surface area contributed by atoms with Crippen LogP contribution in [0, 0.1) is 5.82 Å². The molecular weight excluding hydrogens is 393 g/mol. The smallest absolute Gasteiger partial charge is 0.341 e. The van der Waals surface area contributed by atoms with Gasteiger partial charge >= 0.3 is 5.97 Å². The molecule has 154 valence electrons. The van der Waals surface area contributed by atoms with Gasteiger partial charge in [-0.15, -0.1) is 5.10 Å². The number of methoxy groups -OCH3 is 1. The molecule has 0 radical (unpaired) electrons. The molecule has 0 aliphatic rings. The number of benzene rings is 2. The zero-order chi connectivity index (χ0) is 21.0. The molecule has 1 heterocycles. The molecule has 0 unspecified atom stereocenters. The van der Waals surface area contributed by atoms with E-state index in [9.17, 15) is 9.18 Å². The van der Waals surface area contributed by atoms with Gasteiger partial charge in [0.2, 0.25) is 0 Å². The Kier molecular flexibility index (Phi) is 6.29. The summed E-state index contributed by atoms with van der Waals surface area (Å²) in [5, 5.41) is 8.30. The molecule has 0 atom stereocenters. The van der Waals surface area contributed by atoms with Crippen LogP contribution in [0.5, 0.6) is 11.5 Å². The fraction of sp³-hybridized carbons (Fsp3) is 0.350. The van der Waals surface area contributed by atoms with Crippen molar-refractivity contribution in [2.24, 2.45) is 0 Å². The minimum absolute atomic E-state index is 0.0466. The summed E-state index contributed by atoms with van der Waals surface area (Å²) >= 11 is 0. The molecule has 0 amide bonds.